The second-order valence-electron chi connectivity index (χ2n) is 4.65. The van der Waals surface area contributed by atoms with Gasteiger partial charge in [0.25, 0.3) is 0 Å². The number of benzene rings is 1. The maximum atomic E-state index is 3.62. The number of halogens is 1. The summed E-state index contributed by atoms with van der Waals surface area (Å²) < 4.78 is 1.15. The largest absolute Gasteiger partial charge is 0.310 e. The van der Waals surface area contributed by atoms with Crippen molar-refractivity contribution in [2.75, 3.05) is 6.54 Å². The molecule has 1 unspecified atom stereocenters. The van der Waals surface area contributed by atoms with E-state index in [-0.39, 0.29) is 0 Å². The Bertz CT molecular complexity index is 292. The molecule has 90 valence electrons. The standard InChI is InChI=1S/C14H22BrN/c1-4-14(16-10-9-11(2)3)12-5-7-13(15)8-6-12/h5-8,11,14,16H,4,9-10H2,1-3H3. The number of nitrogens with one attached hydrogen (secondary N) is 1. The topological polar surface area (TPSA) is 12.0 Å². The molecule has 0 aromatic heterocycles. The molecular weight excluding hydrogens is 262 g/mol. The third kappa shape index (κ3) is 4.67. The summed E-state index contributed by atoms with van der Waals surface area (Å²) in [7, 11) is 0. The van der Waals surface area contributed by atoms with Crippen LogP contribution in [-0.2, 0) is 0 Å². The van der Waals surface area contributed by atoms with Crippen molar-refractivity contribution in [3.63, 3.8) is 0 Å². The second-order valence-corrected chi connectivity index (χ2v) is 5.56. The van der Waals surface area contributed by atoms with Gasteiger partial charge in [-0.05, 0) is 43.0 Å². The minimum Gasteiger partial charge on any atom is -0.310 e. The van der Waals surface area contributed by atoms with E-state index in [1.807, 2.05) is 0 Å². The van der Waals surface area contributed by atoms with E-state index in [9.17, 15) is 0 Å². The average molecular weight is 284 g/mol. The summed E-state index contributed by atoms with van der Waals surface area (Å²) in [6.07, 6.45) is 2.38. The van der Waals surface area contributed by atoms with Crippen LogP contribution in [0.5, 0.6) is 0 Å². The zero-order valence-corrected chi connectivity index (χ0v) is 12.0. The Morgan fingerprint density at radius 2 is 1.81 bits per heavy atom. The Morgan fingerprint density at radius 1 is 1.19 bits per heavy atom. The highest BCUT2D eigenvalue weighted by Crippen LogP contribution is 2.19. The van der Waals surface area contributed by atoms with Gasteiger partial charge in [-0.25, -0.2) is 0 Å². The summed E-state index contributed by atoms with van der Waals surface area (Å²) in [5, 5.41) is 3.62. The summed E-state index contributed by atoms with van der Waals surface area (Å²) in [5.74, 6) is 0.773. The van der Waals surface area contributed by atoms with Crippen molar-refractivity contribution in [3.05, 3.63) is 34.3 Å². The maximum Gasteiger partial charge on any atom is 0.0317 e. The van der Waals surface area contributed by atoms with Gasteiger partial charge in [0.15, 0.2) is 0 Å². The van der Waals surface area contributed by atoms with Crippen LogP contribution in [0, 0.1) is 5.92 Å². The molecule has 0 spiro atoms. The van der Waals surface area contributed by atoms with Crippen molar-refractivity contribution in [1.29, 1.82) is 0 Å². The lowest BCUT2D eigenvalue weighted by molar-refractivity contribution is 0.470. The zero-order chi connectivity index (χ0) is 12.0. The van der Waals surface area contributed by atoms with Gasteiger partial charge in [-0.1, -0.05) is 48.8 Å². The van der Waals surface area contributed by atoms with Crippen molar-refractivity contribution in [3.8, 4) is 0 Å². The van der Waals surface area contributed by atoms with Crippen LogP contribution < -0.4 is 5.32 Å². The summed E-state index contributed by atoms with van der Waals surface area (Å²) >= 11 is 3.47. The van der Waals surface area contributed by atoms with Crippen molar-refractivity contribution in [2.24, 2.45) is 5.92 Å². The molecule has 0 aliphatic rings. The molecule has 0 bridgehead atoms. The van der Waals surface area contributed by atoms with E-state index in [1.165, 1.54) is 12.0 Å². The molecule has 0 fully saturated rings. The monoisotopic (exact) mass is 283 g/mol. The predicted octanol–water partition coefficient (Wildman–Crippen LogP) is 4.54. The minimum atomic E-state index is 0.492. The molecule has 16 heavy (non-hydrogen) atoms. The Hall–Kier alpha value is -0.340. The van der Waals surface area contributed by atoms with E-state index in [0.29, 0.717) is 6.04 Å². The van der Waals surface area contributed by atoms with Gasteiger partial charge in [0.05, 0.1) is 0 Å². The van der Waals surface area contributed by atoms with Gasteiger partial charge in [0, 0.05) is 10.5 Å². The molecule has 0 saturated carbocycles. The molecule has 0 radical (unpaired) electrons. The van der Waals surface area contributed by atoms with Gasteiger partial charge < -0.3 is 5.32 Å². The highest BCUT2D eigenvalue weighted by Gasteiger charge is 2.07. The van der Waals surface area contributed by atoms with Crippen LogP contribution in [0.3, 0.4) is 0 Å². The highest BCUT2D eigenvalue weighted by molar-refractivity contribution is 9.10. The molecule has 1 atom stereocenters. The molecule has 1 aromatic rings. The van der Waals surface area contributed by atoms with Crippen molar-refractivity contribution in [1.82, 2.24) is 5.32 Å². The first-order valence-electron chi connectivity index (χ1n) is 6.12. The van der Waals surface area contributed by atoms with E-state index >= 15 is 0 Å². The normalized spacial score (nSPS) is 13.1. The third-order valence-corrected chi connectivity index (χ3v) is 3.32. The van der Waals surface area contributed by atoms with Crippen LogP contribution in [0.25, 0.3) is 0 Å². The molecule has 1 nitrogen and oxygen atoms in total. The molecule has 0 amide bonds. The first-order chi connectivity index (χ1) is 7.63. The van der Waals surface area contributed by atoms with E-state index in [4.69, 9.17) is 0 Å². The van der Waals surface area contributed by atoms with Crippen LogP contribution in [0.15, 0.2) is 28.7 Å². The molecule has 0 heterocycles. The molecule has 1 aromatic carbocycles. The summed E-state index contributed by atoms with van der Waals surface area (Å²) in [6, 6.07) is 9.11. The molecule has 1 N–H and O–H groups in total. The molecular formula is C14H22BrN. The first kappa shape index (κ1) is 13.7. The van der Waals surface area contributed by atoms with Gasteiger partial charge in [0.1, 0.15) is 0 Å². The molecule has 0 aliphatic heterocycles. The first-order valence-corrected chi connectivity index (χ1v) is 6.91. The van der Waals surface area contributed by atoms with Gasteiger partial charge in [-0.3, -0.25) is 0 Å². The third-order valence-electron chi connectivity index (χ3n) is 2.79. The van der Waals surface area contributed by atoms with Gasteiger partial charge in [0.2, 0.25) is 0 Å². The van der Waals surface area contributed by atoms with Crippen molar-refractivity contribution >= 4 is 15.9 Å². The fraction of sp³-hybridized carbons (Fsp3) is 0.571. The SMILES string of the molecule is CCC(NCCC(C)C)c1ccc(Br)cc1. The molecule has 0 saturated heterocycles. The summed E-state index contributed by atoms with van der Waals surface area (Å²) in [6.45, 7) is 7.87. The van der Waals surface area contributed by atoms with Crippen LogP contribution in [0.2, 0.25) is 0 Å². The Balaban J connectivity index is 2.50. The van der Waals surface area contributed by atoms with Crippen molar-refractivity contribution < 1.29 is 0 Å². The lowest BCUT2D eigenvalue weighted by atomic mass is 10.0. The fourth-order valence-electron chi connectivity index (χ4n) is 1.74. The summed E-state index contributed by atoms with van der Waals surface area (Å²) in [4.78, 5) is 0. The van der Waals surface area contributed by atoms with E-state index < -0.39 is 0 Å². The molecule has 2 heteroatoms. The Morgan fingerprint density at radius 3 is 2.31 bits per heavy atom. The second kappa shape index (κ2) is 7.08. The van der Waals surface area contributed by atoms with E-state index in [1.54, 1.807) is 0 Å². The maximum absolute atomic E-state index is 3.62. The van der Waals surface area contributed by atoms with Gasteiger partial charge >= 0.3 is 0 Å². The quantitative estimate of drug-likeness (QED) is 0.809. The minimum absolute atomic E-state index is 0.492. The van der Waals surface area contributed by atoms with Crippen LogP contribution >= 0.6 is 15.9 Å². The smallest absolute Gasteiger partial charge is 0.0317 e. The van der Waals surface area contributed by atoms with E-state index in [2.05, 4.69) is 66.3 Å². The average Bonchev–Trinajstić information content (AvgIpc) is 2.26. The van der Waals surface area contributed by atoms with Crippen LogP contribution in [0.4, 0.5) is 0 Å². The zero-order valence-electron chi connectivity index (χ0n) is 10.5. The Labute approximate surface area is 108 Å². The molecule has 1 rings (SSSR count). The highest BCUT2D eigenvalue weighted by atomic mass is 79.9. The van der Waals surface area contributed by atoms with Gasteiger partial charge in [-0.15, -0.1) is 0 Å². The number of rotatable bonds is 6. The molecule has 0 aliphatic carbocycles. The van der Waals surface area contributed by atoms with Gasteiger partial charge in [-0.2, -0.15) is 0 Å². The lowest BCUT2D eigenvalue weighted by Crippen LogP contribution is -2.22. The summed E-state index contributed by atoms with van der Waals surface area (Å²) in [5.41, 5.74) is 1.38. The number of hydrogen-bond acceptors (Lipinski definition) is 1. The predicted molar refractivity (Wildman–Crippen MR) is 74.6 cm³/mol. The van der Waals surface area contributed by atoms with E-state index in [0.717, 1.165) is 23.4 Å². The Kier molecular flexibility index (Phi) is 6.07. The van der Waals surface area contributed by atoms with Crippen LogP contribution in [-0.4, -0.2) is 6.54 Å². The van der Waals surface area contributed by atoms with Crippen molar-refractivity contribution in [2.45, 2.75) is 39.7 Å². The lowest BCUT2D eigenvalue weighted by Gasteiger charge is -2.18. The number of hydrogen-bond donors (Lipinski definition) is 1. The van der Waals surface area contributed by atoms with Crippen LogP contribution in [0.1, 0.15) is 45.2 Å². The fourth-order valence-corrected chi connectivity index (χ4v) is 2.00.